The van der Waals surface area contributed by atoms with Crippen molar-refractivity contribution in [2.24, 2.45) is 5.73 Å². The average molecular weight is 254 g/mol. The second-order valence-corrected chi connectivity index (χ2v) is 6.79. The molecule has 2 heterocycles. The third-order valence-electron chi connectivity index (χ3n) is 3.46. The van der Waals surface area contributed by atoms with Crippen LogP contribution in [0.1, 0.15) is 36.6 Å². The molecule has 1 aromatic rings. The molecule has 0 bridgehead atoms. The first kappa shape index (κ1) is 11.6. The van der Waals surface area contributed by atoms with Gasteiger partial charge in [0.25, 0.3) is 0 Å². The minimum absolute atomic E-state index is 0.110. The van der Waals surface area contributed by atoms with Gasteiger partial charge < -0.3 is 15.2 Å². The Morgan fingerprint density at radius 2 is 1.94 bits per heavy atom. The van der Waals surface area contributed by atoms with E-state index in [1.54, 1.807) is 11.3 Å². The first-order chi connectivity index (χ1) is 7.88. The number of ether oxygens (including phenoxy) is 2. The molecule has 1 aliphatic carbocycles. The lowest BCUT2D eigenvalue weighted by Crippen LogP contribution is -2.36. The zero-order chi connectivity index (χ0) is 12.3. The Morgan fingerprint density at radius 3 is 2.41 bits per heavy atom. The van der Waals surface area contributed by atoms with Gasteiger partial charge in [0, 0.05) is 23.9 Å². The van der Waals surface area contributed by atoms with E-state index in [1.165, 1.54) is 4.88 Å². The SMILES string of the molecule is Cc1cnc([C@@]2(N)C[C@@H]3OC(C)(C)O[C@@H]3C2)s1. The highest BCUT2D eigenvalue weighted by molar-refractivity contribution is 7.11. The van der Waals surface area contributed by atoms with Crippen molar-refractivity contribution in [3.63, 3.8) is 0 Å². The molecule has 0 unspecified atom stereocenters. The van der Waals surface area contributed by atoms with Crippen molar-refractivity contribution in [3.8, 4) is 0 Å². The van der Waals surface area contributed by atoms with Crippen LogP contribution in [-0.4, -0.2) is 23.0 Å². The molecule has 3 rings (SSSR count). The molecule has 0 spiro atoms. The van der Waals surface area contributed by atoms with Gasteiger partial charge in [-0.1, -0.05) is 0 Å². The summed E-state index contributed by atoms with van der Waals surface area (Å²) in [5.74, 6) is -0.463. The van der Waals surface area contributed by atoms with Crippen molar-refractivity contribution in [3.05, 3.63) is 16.1 Å². The predicted molar refractivity (Wildman–Crippen MR) is 65.8 cm³/mol. The second kappa shape index (κ2) is 3.51. The number of thiazole rings is 1. The van der Waals surface area contributed by atoms with Gasteiger partial charge >= 0.3 is 0 Å². The van der Waals surface area contributed by atoms with Gasteiger partial charge in [-0.05, 0) is 20.8 Å². The fourth-order valence-electron chi connectivity index (χ4n) is 2.82. The van der Waals surface area contributed by atoms with E-state index < -0.39 is 5.79 Å². The van der Waals surface area contributed by atoms with E-state index in [4.69, 9.17) is 15.2 Å². The molecule has 5 heteroatoms. The molecule has 17 heavy (non-hydrogen) atoms. The van der Waals surface area contributed by atoms with Gasteiger partial charge in [-0.25, -0.2) is 4.98 Å². The molecule has 0 aromatic carbocycles. The quantitative estimate of drug-likeness (QED) is 0.832. The van der Waals surface area contributed by atoms with Gasteiger partial charge in [-0.2, -0.15) is 0 Å². The van der Waals surface area contributed by atoms with Crippen molar-refractivity contribution in [2.45, 2.75) is 57.1 Å². The topological polar surface area (TPSA) is 57.4 Å². The minimum atomic E-state index is -0.463. The molecular weight excluding hydrogens is 236 g/mol. The molecule has 94 valence electrons. The molecule has 1 saturated heterocycles. The molecule has 4 nitrogen and oxygen atoms in total. The number of nitrogens with two attached hydrogens (primary N) is 1. The first-order valence-corrected chi connectivity index (χ1v) is 6.77. The monoisotopic (exact) mass is 254 g/mol. The summed E-state index contributed by atoms with van der Waals surface area (Å²) in [5.41, 5.74) is 6.09. The highest BCUT2D eigenvalue weighted by Gasteiger charge is 2.53. The van der Waals surface area contributed by atoms with E-state index in [0.29, 0.717) is 0 Å². The molecule has 3 atom stereocenters. The smallest absolute Gasteiger partial charge is 0.163 e. The van der Waals surface area contributed by atoms with E-state index in [2.05, 4.69) is 11.9 Å². The maximum atomic E-state index is 6.46. The normalized spacial score (nSPS) is 39.5. The number of fused-ring (bicyclic) bond motifs is 1. The number of hydrogen-bond donors (Lipinski definition) is 1. The lowest BCUT2D eigenvalue weighted by atomic mass is 10.00. The molecule has 2 N–H and O–H groups in total. The van der Waals surface area contributed by atoms with Crippen molar-refractivity contribution >= 4 is 11.3 Å². The van der Waals surface area contributed by atoms with Crippen molar-refractivity contribution in [2.75, 3.05) is 0 Å². The van der Waals surface area contributed by atoms with Gasteiger partial charge in [0.05, 0.1) is 17.7 Å². The predicted octanol–water partition coefficient (Wildman–Crippen LogP) is 1.92. The van der Waals surface area contributed by atoms with Crippen molar-refractivity contribution in [1.29, 1.82) is 0 Å². The van der Waals surface area contributed by atoms with E-state index in [-0.39, 0.29) is 17.7 Å². The first-order valence-electron chi connectivity index (χ1n) is 5.95. The van der Waals surface area contributed by atoms with E-state index in [0.717, 1.165) is 17.8 Å². The van der Waals surface area contributed by atoms with Crippen LogP contribution in [-0.2, 0) is 15.0 Å². The number of aryl methyl sites for hydroxylation is 1. The highest BCUT2D eigenvalue weighted by atomic mass is 32.1. The summed E-state index contributed by atoms with van der Waals surface area (Å²) in [6.07, 6.45) is 3.70. The Balaban J connectivity index is 1.82. The number of hydrogen-bond acceptors (Lipinski definition) is 5. The zero-order valence-corrected chi connectivity index (χ0v) is 11.2. The van der Waals surface area contributed by atoms with E-state index in [1.807, 2.05) is 20.0 Å². The maximum absolute atomic E-state index is 6.46. The second-order valence-electron chi connectivity index (χ2n) is 5.55. The summed E-state index contributed by atoms with van der Waals surface area (Å²) in [4.78, 5) is 5.61. The molecular formula is C12H18N2O2S. The van der Waals surface area contributed by atoms with Gasteiger partial charge in [0.2, 0.25) is 0 Å². The van der Waals surface area contributed by atoms with Gasteiger partial charge in [0.1, 0.15) is 5.01 Å². The molecule has 1 saturated carbocycles. The van der Waals surface area contributed by atoms with E-state index >= 15 is 0 Å². The minimum Gasteiger partial charge on any atom is -0.344 e. The fraction of sp³-hybridized carbons (Fsp3) is 0.750. The fourth-order valence-corrected chi connectivity index (χ4v) is 3.70. The van der Waals surface area contributed by atoms with Crippen molar-refractivity contribution in [1.82, 2.24) is 4.98 Å². The standard InChI is InChI=1S/C12H18N2O2S/c1-7-6-14-10(17-7)12(13)4-8-9(5-12)16-11(2,3)15-8/h6,8-9H,4-5,13H2,1-3H3/t8-,9+,12+. The number of rotatable bonds is 1. The molecule has 1 aromatic heterocycles. The maximum Gasteiger partial charge on any atom is 0.163 e. The van der Waals surface area contributed by atoms with Crippen LogP contribution in [0.5, 0.6) is 0 Å². The van der Waals surface area contributed by atoms with Gasteiger partial charge in [0.15, 0.2) is 5.79 Å². The van der Waals surface area contributed by atoms with Crippen LogP contribution < -0.4 is 5.73 Å². The zero-order valence-electron chi connectivity index (χ0n) is 10.4. The lowest BCUT2D eigenvalue weighted by molar-refractivity contribution is -0.155. The van der Waals surface area contributed by atoms with Crippen LogP contribution in [0.3, 0.4) is 0 Å². The van der Waals surface area contributed by atoms with Crippen LogP contribution in [0.15, 0.2) is 6.20 Å². The molecule has 0 radical (unpaired) electrons. The third-order valence-corrected chi connectivity index (χ3v) is 4.60. The van der Waals surface area contributed by atoms with Crippen LogP contribution >= 0.6 is 11.3 Å². The Bertz CT molecular complexity index is 427. The summed E-state index contributed by atoms with van der Waals surface area (Å²) in [7, 11) is 0. The molecule has 0 amide bonds. The molecule has 2 aliphatic rings. The Labute approximate surface area is 105 Å². The van der Waals surface area contributed by atoms with E-state index in [9.17, 15) is 0 Å². The lowest BCUT2D eigenvalue weighted by Gasteiger charge is -2.25. The number of aromatic nitrogens is 1. The summed E-state index contributed by atoms with van der Waals surface area (Å²) in [6, 6.07) is 0. The summed E-state index contributed by atoms with van der Waals surface area (Å²) >= 11 is 1.68. The Hall–Kier alpha value is -0.490. The molecule has 1 aliphatic heterocycles. The Kier molecular flexibility index (Phi) is 2.39. The summed E-state index contributed by atoms with van der Waals surface area (Å²) < 4.78 is 11.7. The third kappa shape index (κ3) is 1.91. The van der Waals surface area contributed by atoms with Crippen LogP contribution in [0.25, 0.3) is 0 Å². The molecule has 2 fully saturated rings. The summed E-state index contributed by atoms with van der Waals surface area (Å²) in [5, 5.41) is 1.01. The summed E-state index contributed by atoms with van der Waals surface area (Å²) in [6.45, 7) is 5.96. The average Bonchev–Trinajstić information content (AvgIpc) is 2.77. The van der Waals surface area contributed by atoms with Gasteiger partial charge in [-0.15, -0.1) is 11.3 Å². The number of nitrogens with zero attached hydrogens (tertiary/aromatic N) is 1. The largest absolute Gasteiger partial charge is 0.344 e. The van der Waals surface area contributed by atoms with Crippen molar-refractivity contribution < 1.29 is 9.47 Å². The van der Waals surface area contributed by atoms with Crippen LogP contribution in [0.4, 0.5) is 0 Å². The Morgan fingerprint density at radius 1 is 1.35 bits per heavy atom. The van der Waals surface area contributed by atoms with Crippen LogP contribution in [0, 0.1) is 6.92 Å². The highest BCUT2D eigenvalue weighted by Crippen LogP contribution is 2.46. The van der Waals surface area contributed by atoms with Crippen LogP contribution in [0.2, 0.25) is 0 Å². The van der Waals surface area contributed by atoms with Gasteiger partial charge in [-0.3, -0.25) is 0 Å².